The lowest BCUT2D eigenvalue weighted by Gasteiger charge is -2.07. The van der Waals surface area contributed by atoms with E-state index in [1.54, 1.807) is 19.2 Å². The van der Waals surface area contributed by atoms with Gasteiger partial charge in [0.2, 0.25) is 0 Å². The Balaban J connectivity index is 1.72. The molecule has 26 heavy (non-hydrogen) atoms. The van der Waals surface area contributed by atoms with E-state index in [1.165, 1.54) is 16.9 Å². The molecule has 134 valence electrons. The average molecular weight is 366 g/mol. The van der Waals surface area contributed by atoms with Crippen molar-refractivity contribution in [2.75, 3.05) is 12.4 Å². The van der Waals surface area contributed by atoms with Crippen LogP contribution in [0.25, 0.3) is 11.3 Å². The molecule has 0 aliphatic heterocycles. The number of nitrogens with zero attached hydrogens (tertiary/aromatic N) is 1. The fourth-order valence-electron chi connectivity index (χ4n) is 2.74. The van der Waals surface area contributed by atoms with Crippen LogP contribution >= 0.6 is 11.3 Å². The van der Waals surface area contributed by atoms with Crippen molar-refractivity contribution in [3.8, 4) is 17.0 Å². The van der Waals surface area contributed by atoms with E-state index in [2.05, 4.69) is 48.4 Å². The fraction of sp³-hybridized carbons (Fsp3) is 0.238. The number of aromatic nitrogens is 1. The first-order chi connectivity index (χ1) is 12.6. The Morgan fingerprint density at radius 1 is 1.15 bits per heavy atom. The SMILES string of the molecule is COc1ccccc1C(=O)Nc1nc(-c2ccc(CC(C)C)cc2)cs1. The molecule has 3 aromatic rings. The van der Waals surface area contributed by atoms with Gasteiger partial charge < -0.3 is 4.74 Å². The number of carbonyl (C=O) groups is 1. The van der Waals surface area contributed by atoms with Crippen molar-refractivity contribution in [1.82, 2.24) is 4.98 Å². The Morgan fingerprint density at radius 3 is 2.58 bits per heavy atom. The van der Waals surface area contributed by atoms with Crippen LogP contribution in [-0.2, 0) is 6.42 Å². The molecule has 0 unspecified atom stereocenters. The van der Waals surface area contributed by atoms with Gasteiger partial charge in [-0.25, -0.2) is 4.98 Å². The molecule has 0 aliphatic carbocycles. The van der Waals surface area contributed by atoms with E-state index in [1.807, 2.05) is 17.5 Å². The Bertz CT molecular complexity index is 885. The van der Waals surface area contributed by atoms with Gasteiger partial charge in [-0.3, -0.25) is 10.1 Å². The van der Waals surface area contributed by atoms with Crippen molar-refractivity contribution in [3.63, 3.8) is 0 Å². The zero-order valence-corrected chi connectivity index (χ0v) is 16.0. The van der Waals surface area contributed by atoms with Crippen molar-refractivity contribution in [1.29, 1.82) is 0 Å². The number of anilines is 1. The molecule has 4 nitrogen and oxygen atoms in total. The van der Waals surface area contributed by atoms with Crippen LogP contribution < -0.4 is 10.1 Å². The first kappa shape index (κ1) is 18.1. The number of para-hydroxylation sites is 1. The van der Waals surface area contributed by atoms with E-state index in [-0.39, 0.29) is 5.91 Å². The number of methoxy groups -OCH3 is 1. The van der Waals surface area contributed by atoms with Gasteiger partial charge in [0.05, 0.1) is 18.4 Å². The number of nitrogens with one attached hydrogen (secondary N) is 1. The van der Waals surface area contributed by atoms with E-state index in [0.717, 1.165) is 17.7 Å². The molecule has 0 atom stereocenters. The minimum Gasteiger partial charge on any atom is -0.496 e. The number of hydrogen-bond donors (Lipinski definition) is 1. The summed E-state index contributed by atoms with van der Waals surface area (Å²) in [6, 6.07) is 15.6. The molecule has 0 saturated carbocycles. The van der Waals surface area contributed by atoms with Crippen LogP contribution in [0, 0.1) is 5.92 Å². The highest BCUT2D eigenvalue weighted by atomic mass is 32.1. The fourth-order valence-corrected chi connectivity index (χ4v) is 3.46. The number of ether oxygens (including phenoxy) is 1. The first-order valence-electron chi connectivity index (χ1n) is 8.56. The molecule has 1 amide bonds. The Labute approximate surface area is 157 Å². The highest BCUT2D eigenvalue weighted by Crippen LogP contribution is 2.27. The van der Waals surface area contributed by atoms with Gasteiger partial charge in [-0.05, 0) is 30.0 Å². The van der Waals surface area contributed by atoms with Crippen molar-refractivity contribution >= 4 is 22.4 Å². The maximum atomic E-state index is 12.5. The smallest absolute Gasteiger partial charge is 0.261 e. The molecule has 1 heterocycles. The maximum Gasteiger partial charge on any atom is 0.261 e. The van der Waals surface area contributed by atoms with Crippen molar-refractivity contribution in [2.24, 2.45) is 5.92 Å². The van der Waals surface area contributed by atoms with Crippen LogP contribution in [0.4, 0.5) is 5.13 Å². The maximum absolute atomic E-state index is 12.5. The third kappa shape index (κ3) is 4.29. The minimum absolute atomic E-state index is 0.226. The van der Waals surface area contributed by atoms with E-state index in [0.29, 0.717) is 22.4 Å². The number of benzene rings is 2. The number of carbonyl (C=O) groups excluding carboxylic acids is 1. The monoisotopic (exact) mass is 366 g/mol. The van der Waals surface area contributed by atoms with Crippen LogP contribution in [0.2, 0.25) is 0 Å². The molecule has 0 aliphatic rings. The van der Waals surface area contributed by atoms with Crippen molar-refractivity contribution < 1.29 is 9.53 Å². The van der Waals surface area contributed by atoms with E-state index in [9.17, 15) is 4.79 Å². The summed E-state index contributed by atoms with van der Waals surface area (Å²) in [4.78, 5) is 17.0. The molecule has 0 bridgehead atoms. The van der Waals surface area contributed by atoms with E-state index < -0.39 is 0 Å². The number of rotatable bonds is 6. The molecular formula is C21H22N2O2S. The van der Waals surface area contributed by atoms with Gasteiger partial charge in [0.1, 0.15) is 5.75 Å². The lowest BCUT2D eigenvalue weighted by Crippen LogP contribution is -2.12. The van der Waals surface area contributed by atoms with Gasteiger partial charge in [0, 0.05) is 10.9 Å². The summed E-state index contributed by atoms with van der Waals surface area (Å²) in [6.07, 6.45) is 1.07. The first-order valence-corrected chi connectivity index (χ1v) is 9.44. The molecule has 0 radical (unpaired) electrons. The van der Waals surface area contributed by atoms with Gasteiger partial charge in [0.25, 0.3) is 5.91 Å². The van der Waals surface area contributed by atoms with Crippen LogP contribution in [0.1, 0.15) is 29.8 Å². The lowest BCUT2D eigenvalue weighted by molar-refractivity contribution is 0.102. The average Bonchev–Trinajstić information content (AvgIpc) is 3.10. The lowest BCUT2D eigenvalue weighted by atomic mass is 10.0. The summed E-state index contributed by atoms with van der Waals surface area (Å²) in [5.74, 6) is 0.954. The molecule has 2 aromatic carbocycles. The van der Waals surface area contributed by atoms with Crippen molar-refractivity contribution in [3.05, 3.63) is 65.0 Å². The summed E-state index contributed by atoms with van der Waals surface area (Å²) in [5.41, 5.74) is 3.72. The summed E-state index contributed by atoms with van der Waals surface area (Å²) in [5, 5.41) is 5.37. The van der Waals surface area contributed by atoms with Crippen LogP contribution in [-0.4, -0.2) is 18.0 Å². The third-order valence-electron chi connectivity index (χ3n) is 3.97. The molecule has 1 aromatic heterocycles. The largest absolute Gasteiger partial charge is 0.496 e. The van der Waals surface area contributed by atoms with Crippen molar-refractivity contribution in [2.45, 2.75) is 20.3 Å². The summed E-state index contributed by atoms with van der Waals surface area (Å²) in [6.45, 7) is 4.43. The number of amides is 1. The molecular weight excluding hydrogens is 344 g/mol. The second-order valence-electron chi connectivity index (χ2n) is 6.49. The number of thiazole rings is 1. The van der Waals surface area contributed by atoms with Gasteiger partial charge in [0.15, 0.2) is 5.13 Å². The highest BCUT2D eigenvalue weighted by molar-refractivity contribution is 7.14. The second-order valence-corrected chi connectivity index (χ2v) is 7.35. The summed E-state index contributed by atoms with van der Waals surface area (Å²) < 4.78 is 5.24. The molecule has 5 heteroatoms. The predicted octanol–water partition coefficient (Wildman–Crippen LogP) is 5.27. The minimum atomic E-state index is -0.226. The zero-order chi connectivity index (χ0) is 18.5. The molecule has 3 rings (SSSR count). The van der Waals surface area contributed by atoms with Crippen LogP contribution in [0.15, 0.2) is 53.9 Å². The van der Waals surface area contributed by atoms with Gasteiger partial charge >= 0.3 is 0 Å². The Kier molecular flexibility index (Phi) is 5.68. The van der Waals surface area contributed by atoms with E-state index >= 15 is 0 Å². The Morgan fingerprint density at radius 2 is 1.88 bits per heavy atom. The van der Waals surface area contributed by atoms with Crippen LogP contribution in [0.3, 0.4) is 0 Å². The molecule has 0 saturated heterocycles. The molecule has 0 fully saturated rings. The number of hydrogen-bond acceptors (Lipinski definition) is 4. The zero-order valence-electron chi connectivity index (χ0n) is 15.2. The summed E-state index contributed by atoms with van der Waals surface area (Å²) in [7, 11) is 1.55. The highest BCUT2D eigenvalue weighted by Gasteiger charge is 2.14. The quantitative estimate of drug-likeness (QED) is 0.646. The van der Waals surface area contributed by atoms with Gasteiger partial charge in [-0.2, -0.15) is 0 Å². The standard InChI is InChI=1S/C21H22N2O2S/c1-14(2)12-15-8-10-16(11-9-15)18-13-26-21(22-18)23-20(24)17-6-4-5-7-19(17)25-3/h4-11,13-14H,12H2,1-3H3,(H,22,23,24). The Hall–Kier alpha value is -2.66. The summed E-state index contributed by atoms with van der Waals surface area (Å²) >= 11 is 1.41. The predicted molar refractivity (Wildman–Crippen MR) is 107 cm³/mol. The molecule has 0 spiro atoms. The second kappa shape index (κ2) is 8.15. The molecule has 1 N–H and O–H groups in total. The van der Waals surface area contributed by atoms with E-state index in [4.69, 9.17) is 4.74 Å². The topological polar surface area (TPSA) is 51.2 Å². The third-order valence-corrected chi connectivity index (χ3v) is 4.73. The normalized spacial score (nSPS) is 10.8. The van der Waals surface area contributed by atoms with Gasteiger partial charge in [-0.15, -0.1) is 11.3 Å². The van der Waals surface area contributed by atoms with Crippen LogP contribution in [0.5, 0.6) is 5.75 Å². The van der Waals surface area contributed by atoms with Gasteiger partial charge in [-0.1, -0.05) is 50.2 Å².